The van der Waals surface area contributed by atoms with Gasteiger partial charge in [0.2, 0.25) is 0 Å². The largest absolute Gasteiger partial charge is 0.477 e. The number of halogens is 2. The summed E-state index contributed by atoms with van der Waals surface area (Å²) < 4.78 is 24.6. The second kappa shape index (κ2) is 3.97. The van der Waals surface area contributed by atoms with Gasteiger partial charge in [-0.2, -0.15) is 5.10 Å². The van der Waals surface area contributed by atoms with Crippen LogP contribution in [-0.4, -0.2) is 26.3 Å². The van der Waals surface area contributed by atoms with E-state index in [1.54, 1.807) is 0 Å². The molecule has 84 valence electrons. The lowest BCUT2D eigenvalue weighted by Crippen LogP contribution is -1.98. The molecule has 0 aliphatic rings. The maximum atomic E-state index is 12.3. The van der Waals surface area contributed by atoms with Crippen LogP contribution in [0.25, 0.3) is 10.6 Å². The zero-order valence-electron chi connectivity index (χ0n) is 7.65. The van der Waals surface area contributed by atoms with Gasteiger partial charge in [-0.25, -0.2) is 18.6 Å². The Balaban J connectivity index is 2.42. The summed E-state index contributed by atoms with van der Waals surface area (Å²) in [5.41, 5.74) is -0.308. The fourth-order valence-corrected chi connectivity index (χ4v) is 1.95. The molecule has 2 aromatic heterocycles. The van der Waals surface area contributed by atoms with E-state index in [0.717, 1.165) is 11.3 Å². The zero-order valence-corrected chi connectivity index (χ0v) is 8.46. The molecule has 0 radical (unpaired) electrons. The van der Waals surface area contributed by atoms with Crippen molar-refractivity contribution in [1.82, 2.24) is 15.2 Å². The second-order valence-corrected chi connectivity index (χ2v) is 3.70. The third-order valence-electron chi connectivity index (χ3n) is 1.83. The number of aromatic nitrogens is 3. The third-order valence-corrected chi connectivity index (χ3v) is 2.72. The summed E-state index contributed by atoms with van der Waals surface area (Å²) >= 11 is 0.953. The van der Waals surface area contributed by atoms with Crippen molar-refractivity contribution in [2.75, 3.05) is 0 Å². The molecule has 0 atom stereocenters. The molecule has 0 fully saturated rings. The normalized spacial score (nSPS) is 10.9. The number of aromatic amines is 1. The molecule has 0 aliphatic heterocycles. The first-order valence-electron chi connectivity index (χ1n) is 4.10. The van der Waals surface area contributed by atoms with Gasteiger partial charge in [-0.15, -0.1) is 11.3 Å². The Kier molecular flexibility index (Phi) is 2.65. The molecular weight excluding hydrogens is 240 g/mol. The number of aromatic carboxylic acids is 1. The number of alkyl halides is 2. The number of carbonyl (C=O) groups is 1. The monoisotopic (exact) mass is 245 g/mol. The molecule has 0 bridgehead atoms. The topological polar surface area (TPSA) is 78.9 Å². The van der Waals surface area contributed by atoms with Crippen LogP contribution in [0.4, 0.5) is 8.78 Å². The summed E-state index contributed by atoms with van der Waals surface area (Å²) in [6.45, 7) is 0. The van der Waals surface area contributed by atoms with Crippen molar-refractivity contribution < 1.29 is 18.7 Å². The van der Waals surface area contributed by atoms with Crippen molar-refractivity contribution in [2.45, 2.75) is 6.43 Å². The lowest BCUT2D eigenvalue weighted by molar-refractivity contribution is 0.0691. The van der Waals surface area contributed by atoms with Crippen LogP contribution in [0.15, 0.2) is 11.6 Å². The Morgan fingerprint density at radius 3 is 2.88 bits per heavy atom. The van der Waals surface area contributed by atoms with Crippen LogP contribution in [0.5, 0.6) is 0 Å². The van der Waals surface area contributed by atoms with Crippen LogP contribution in [0.1, 0.15) is 22.6 Å². The Morgan fingerprint density at radius 1 is 1.56 bits per heavy atom. The highest BCUT2D eigenvalue weighted by Crippen LogP contribution is 2.29. The summed E-state index contributed by atoms with van der Waals surface area (Å²) in [5, 5.41) is 16.0. The summed E-state index contributed by atoms with van der Waals surface area (Å²) in [4.78, 5) is 14.4. The lowest BCUT2D eigenvalue weighted by Gasteiger charge is -1.93. The van der Waals surface area contributed by atoms with Crippen LogP contribution in [-0.2, 0) is 0 Å². The minimum Gasteiger partial charge on any atom is -0.477 e. The summed E-state index contributed by atoms with van der Waals surface area (Å²) in [6.07, 6.45) is -1.41. The molecular formula is C8H5F2N3O2S. The van der Waals surface area contributed by atoms with Crippen LogP contribution in [0.3, 0.4) is 0 Å². The molecule has 0 aromatic carbocycles. The first-order chi connectivity index (χ1) is 7.59. The van der Waals surface area contributed by atoms with Gasteiger partial charge in [0.05, 0.1) is 11.8 Å². The van der Waals surface area contributed by atoms with E-state index in [-0.39, 0.29) is 22.0 Å². The van der Waals surface area contributed by atoms with Gasteiger partial charge >= 0.3 is 5.97 Å². The number of carboxylic acids is 1. The molecule has 8 heteroatoms. The Bertz CT molecular complexity index is 523. The van der Waals surface area contributed by atoms with E-state index in [0.29, 0.717) is 0 Å². The molecule has 0 aliphatic carbocycles. The third kappa shape index (κ3) is 1.78. The van der Waals surface area contributed by atoms with Crippen LogP contribution < -0.4 is 0 Å². The van der Waals surface area contributed by atoms with Gasteiger partial charge in [0.25, 0.3) is 6.43 Å². The molecule has 0 unspecified atom stereocenters. The van der Waals surface area contributed by atoms with E-state index in [9.17, 15) is 13.6 Å². The molecule has 0 saturated heterocycles. The summed E-state index contributed by atoms with van der Waals surface area (Å²) in [6, 6.07) is 0. The average Bonchev–Trinajstić information content (AvgIpc) is 2.86. The zero-order chi connectivity index (χ0) is 11.7. The molecule has 0 spiro atoms. The number of H-pyrrole nitrogens is 1. The highest BCUT2D eigenvalue weighted by atomic mass is 32.1. The number of carboxylic acid groups (broad SMARTS) is 1. The molecule has 2 aromatic rings. The van der Waals surface area contributed by atoms with E-state index in [1.807, 2.05) is 0 Å². The number of hydrogen-bond donors (Lipinski definition) is 2. The smallest absolute Gasteiger partial charge is 0.354 e. The molecule has 2 N–H and O–H groups in total. The van der Waals surface area contributed by atoms with Crippen LogP contribution >= 0.6 is 11.3 Å². The second-order valence-electron chi connectivity index (χ2n) is 2.84. The van der Waals surface area contributed by atoms with Crippen molar-refractivity contribution in [1.29, 1.82) is 0 Å². The van der Waals surface area contributed by atoms with Gasteiger partial charge in [0.1, 0.15) is 10.7 Å². The first kappa shape index (κ1) is 10.7. The predicted octanol–water partition coefficient (Wildman–Crippen LogP) is 2.17. The van der Waals surface area contributed by atoms with E-state index < -0.39 is 12.4 Å². The number of hydrogen-bond acceptors (Lipinski definition) is 4. The van der Waals surface area contributed by atoms with Crippen molar-refractivity contribution in [3.8, 4) is 10.6 Å². The van der Waals surface area contributed by atoms with Crippen LogP contribution in [0, 0.1) is 0 Å². The van der Waals surface area contributed by atoms with Gasteiger partial charge < -0.3 is 5.11 Å². The Labute approximate surface area is 91.8 Å². The highest BCUT2D eigenvalue weighted by Gasteiger charge is 2.19. The number of thiazole rings is 1. The molecule has 2 rings (SSSR count). The standard InChI is InChI=1S/C8H5F2N3O2S/c9-6(10)4-2-16-7(12-4)3-1-11-13-5(3)8(14)15/h1-2,6H,(H,11,13)(H,14,15). The fourth-order valence-electron chi connectivity index (χ4n) is 1.12. The quantitative estimate of drug-likeness (QED) is 0.868. The van der Waals surface area contributed by atoms with E-state index in [1.165, 1.54) is 11.6 Å². The maximum absolute atomic E-state index is 12.3. The summed E-state index contributed by atoms with van der Waals surface area (Å²) in [7, 11) is 0. The minimum absolute atomic E-state index is 0.157. The van der Waals surface area contributed by atoms with E-state index in [2.05, 4.69) is 15.2 Å². The lowest BCUT2D eigenvalue weighted by atomic mass is 10.2. The Hall–Kier alpha value is -1.83. The van der Waals surface area contributed by atoms with Gasteiger partial charge in [-0.1, -0.05) is 0 Å². The molecule has 5 nitrogen and oxygen atoms in total. The van der Waals surface area contributed by atoms with E-state index in [4.69, 9.17) is 5.11 Å². The molecule has 16 heavy (non-hydrogen) atoms. The average molecular weight is 245 g/mol. The summed E-state index contributed by atoms with van der Waals surface area (Å²) in [5.74, 6) is -1.21. The van der Waals surface area contributed by atoms with E-state index >= 15 is 0 Å². The number of nitrogens with one attached hydrogen (secondary N) is 1. The van der Waals surface area contributed by atoms with Gasteiger partial charge in [0, 0.05) is 5.38 Å². The Morgan fingerprint density at radius 2 is 2.31 bits per heavy atom. The molecule has 0 saturated carbocycles. The predicted molar refractivity (Wildman–Crippen MR) is 51.6 cm³/mol. The number of nitrogens with zero attached hydrogens (tertiary/aromatic N) is 2. The SMILES string of the molecule is O=C(O)c1[nH]ncc1-c1nc(C(F)F)cs1. The van der Waals surface area contributed by atoms with Crippen molar-refractivity contribution in [3.63, 3.8) is 0 Å². The maximum Gasteiger partial charge on any atom is 0.354 e. The van der Waals surface area contributed by atoms with Crippen molar-refractivity contribution in [2.24, 2.45) is 0 Å². The van der Waals surface area contributed by atoms with Crippen molar-refractivity contribution in [3.05, 3.63) is 23.0 Å². The van der Waals surface area contributed by atoms with Crippen molar-refractivity contribution >= 4 is 17.3 Å². The molecule has 0 amide bonds. The van der Waals surface area contributed by atoms with Crippen LogP contribution in [0.2, 0.25) is 0 Å². The van der Waals surface area contributed by atoms with Gasteiger partial charge in [-0.3, -0.25) is 5.10 Å². The minimum atomic E-state index is -2.66. The van der Waals surface area contributed by atoms with Gasteiger partial charge in [0.15, 0.2) is 5.69 Å². The first-order valence-corrected chi connectivity index (χ1v) is 4.98. The fraction of sp³-hybridized carbons (Fsp3) is 0.125. The number of rotatable bonds is 3. The highest BCUT2D eigenvalue weighted by molar-refractivity contribution is 7.13. The molecule has 2 heterocycles. The van der Waals surface area contributed by atoms with Gasteiger partial charge in [-0.05, 0) is 0 Å².